The van der Waals surface area contributed by atoms with Gasteiger partial charge in [0.2, 0.25) is 5.88 Å². The fourth-order valence-electron chi connectivity index (χ4n) is 1.84. The van der Waals surface area contributed by atoms with Crippen molar-refractivity contribution in [2.75, 3.05) is 38.6 Å². The van der Waals surface area contributed by atoms with Gasteiger partial charge in [0.25, 0.3) is 0 Å². The first-order valence-corrected chi connectivity index (χ1v) is 7.30. The molecule has 0 bridgehead atoms. The number of anilines is 1. The van der Waals surface area contributed by atoms with E-state index in [0.717, 1.165) is 37.8 Å². The van der Waals surface area contributed by atoms with E-state index in [2.05, 4.69) is 54.8 Å². The Morgan fingerprint density at radius 2 is 1.85 bits per heavy atom. The van der Waals surface area contributed by atoms with E-state index >= 15 is 0 Å². The van der Waals surface area contributed by atoms with Gasteiger partial charge in [-0.1, -0.05) is 34.6 Å². The second kappa shape index (κ2) is 7.43. The van der Waals surface area contributed by atoms with Crippen molar-refractivity contribution >= 4 is 5.82 Å². The molecular weight excluding hydrogens is 252 g/mol. The summed E-state index contributed by atoms with van der Waals surface area (Å²) in [4.78, 5) is 11.4. The monoisotopic (exact) mass is 280 g/mol. The highest BCUT2D eigenvalue weighted by Crippen LogP contribution is 2.22. The minimum atomic E-state index is -0.0934. The fraction of sp³-hybridized carbons (Fsp3) is 0.733. The van der Waals surface area contributed by atoms with Gasteiger partial charge in [-0.3, -0.25) is 0 Å². The molecule has 0 fully saturated rings. The van der Waals surface area contributed by atoms with Gasteiger partial charge in [0.05, 0.1) is 7.11 Å². The van der Waals surface area contributed by atoms with Gasteiger partial charge in [-0.05, 0) is 13.1 Å². The molecule has 0 atom stereocenters. The van der Waals surface area contributed by atoms with Crippen LogP contribution in [-0.4, -0.2) is 48.2 Å². The summed E-state index contributed by atoms with van der Waals surface area (Å²) in [7, 11) is 1.63. The van der Waals surface area contributed by atoms with Crippen LogP contribution in [0.4, 0.5) is 5.82 Å². The molecular formula is C15H28N4O. The molecule has 1 rings (SSSR count). The van der Waals surface area contributed by atoms with Crippen molar-refractivity contribution in [3.8, 4) is 5.88 Å². The molecule has 5 nitrogen and oxygen atoms in total. The van der Waals surface area contributed by atoms with Gasteiger partial charge in [0.1, 0.15) is 11.6 Å². The number of hydrogen-bond donors (Lipinski definition) is 1. The molecule has 0 unspecified atom stereocenters. The van der Waals surface area contributed by atoms with Gasteiger partial charge < -0.3 is 15.0 Å². The van der Waals surface area contributed by atoms with E-state index in [0.29, 0.717) is 5.88 Å². The first kappa shape index (κ1) is 16.7. The minimum absolute atomic E-state index is 0.0934. The number of methoxy groups -OCH3 is 1. The van der Waals surface area contributed by atoms with Crippen molar-refractivity contribution in [2.45, 2.75) is 40.0 Å². The first-order valence-electron chi connectivity index (χ1n) is 7.30. The van der Waals surface area contributed by atoms with Crippen molar-refractivity contribution in [1.29, 1.82) is 0 Å². The van der Waals surface area contributed by atoms with Gasteiger partial charge in [0, 0.05) is 24.6 Å². The zero-order valence-corrected chi connectivity index (χ0v) is 13.7. The molecule has 114 valence electrons. The van der Waals surface area contributed by atoms with Crippen LogP contribution in [0.3, 0.4) is 0 Å². The Morgan fingerprint density at radius 1 is 1.20 bits per heavy atom. The largest absolute Gasteiger partial charge is 0.481 e. The van der Waals surface area contributed by atoms with E-state index in [9.17, 15) is 0 Å². The van der Waals surface area contributed by atoms with E-state index in [1.54, 1.807) is 7.11 Å². The Kier molecular flexibility index (Phi) is 6.20. The molecule has 0 saturated carbocycles. The van der Waals surface area contributed by atoms with E-state index in [1.807, 2.05) is 6.07 Å². The molecule has 0 spiro atoms. The number of likely N-dealkylation sites (N-methyl/N-ethyl adjacent to an activating group) is 1. The molecule has 1 N–H and O–H groups in total. The third-order valence-corrected chi connectivity index (χ3v) is 3.21. The van der Waals surface area contributed by atoms with Crippen LogP contribution in [0.15, 0.2) is 6.07 Å². The average Bonchev–Trinajstić information content (AvgIpc) is 2.42. The highest BCUT2D eigenvalue weighted by molar-refractivity contribution is 5.39. The Balaban J connectivity index is 2.74. The van der Waals surface area contributed by atoms with Crippen LogP contribution in [0, 0.1) is 0 Å². The molecule has 1 aromatic rings. The predicted molar refractivity (Wildman–Crippen MR) is 83.6 cm³/mol. The van der Waals surface area contributed by atoms with Gasteiger partial charge in [-0.15, -0.1) is 0 Å². The summed E-state index contributed by atoms with van der Waals surface area (Å²) in [5, 5.41) is 3.36. The highest BCUT2D eigenvalue weighted by Gasteiger charge is 2.19. The molecule has 0 aliphatic carbocycles. The second-order valence-corrected chi connectivity index (χ2v) is 5.82. The van der Waals surface area contributed by atoms with Crippen LogP contribution in [0.2, 0.25) is 0 Å². The molecule has 0 aliphatic heterocycles. The van der Waals surface area contributed by atoms with Crippen molar-refractivity contribution in [3.63, 3.8) is 0 Å². The van der Waals surface area contributed by atoms with Crippen molar-refractivity contribution in [2.24, 2.45) is 0 Å². The van der Waals surface area contributed by atoms with Gasteiger partial charge in [0.15, 0.2) is 0 Å². The number of nitrogens with zero attached hydrogens (tertiary/aromatic N) is 3. The van der Waals surface area contributed by atoms with Crippen LogP contribution < -0.4 is 10.1 Å². The topological polar surface area (TPSA) is 50.3 Å². The number of nitrogens with one attached hydrogen (secondary N) is 1. The fourth-order valence-corrected chi connectivity index (χ4v) is 1.84. The van der Waals surface area contributed by atoms with E-state index < -0.39 is 0 Å². The lowest BCUT2D eigenvalue weighted by Crippen LogP contribution is -2.29. The third-order valence-electron chi connectivity index (χ3n) is 3.21. The number of hydrogen-bond acceptors (Lipinski definition) is 5. The van der Waals surface area contributed by atoms with Crippen molar-refractivity contribution < 1.29 is 4.74 Å². The minimum Gasteiger partial charge on any atom is -0.481 e. The second-order valence-electron chi connectivity index (χ2n) is 5.82. The lowest BCUT2D eigenvalue weighted by molar-refractivity contribution is 0.316. The lowest BCUT2D eigenvalue weighted by Gasteiger charge is -2.20. The molecule has 1 aromatic heterocycles. The molecule has 0 amide bonds. The normalized spacial score (nSPS) is 11.8. The zero-order valence-electron chi connectivity index (χ0n) is 13.7. The first-order chi connectivity index (χ1) is 9.40. The van der Waals surface area contributed by atoms with Crippen LogP contribution >= 0.6 is 0 Å². The molecule has 5 heteroatoms. The summed E-state index contributed by atoms with van der Waals surface area (Å²) in [6.07, 6.45) is 0. The summed E-state index contributed by atoms with van der Waals surface area (Å²) in [5.74, 6) is 2.23. The van der Waals surface area contributed by atoms with E-state index in [4.69, 9.17) is 4.74 Å². The zero-order chi connectivity index (χ0) is 15.2. The van der Waals surface area contributed by atoms with Gasteiger partial charge in [-0.2, -0.15) is 4.98 Å². The predicted octanol–water partition coefficient (Wildman–Crippen LogP) is 2.54. The highest BCUT2D eigenvalue weighted by atomic mass is 16.5. The van der Waals surface area contributed by atoms with Crippen LogP contribution in [0.1, 0.15) is 40.4 Å². The Labute approximate surface area is 122 Å². The summed E-state index contributed by atoms with van der Waals surface area (Å²) in [5.41, 5.74) is -0.0934. The molecule has 0 aromatic carbocycles. The van der Waals surface area contributed by atoms with Gasteiger partial charge in [-0.25, -0.2) is 4.98 Å². The summed E-state index contributed by atoms with van der Waals surface area (Å²) in [6, 6.07) is 1.84. The van der Waals surface area contributed by atoms with Crippen LogP contribution in [0.5, 0.6) is 5.88 Å². The van der Waals surface area contributed by atoms with Gasteiger partial charge >= 0.3 is 0 Å². The lowest BCUT2D eigenvalue weighted by atomic mass is 9.96. The van der Waals surface area contributed by atoms with E-state index in [-0.39, 0.29) is 5.41 Å². The smallest absolute Gasteiger partial charge is 0.218 e. The Hall–Kier alpha value is -1.36. The SMILES string of the molecule is CCN(CC)CCNc1cc(OC)nc(C(C)(C)C)n1. The average molecular weight is 280 g/mol. The standard InChI is InChI=1S/C15H28N4O/c1-7-19(8-2)10-9-16-12-11-13(20-6)18-14(17-12)15(3,4)5/h11H,7-10H2,1-6H3,(H,16,17,18). The van der Waals surface area contributed by atoms with Crippen LogP contribution in [0.25, 0.3) is 0 Å². The maximum absolute atomic E-state index is 5.26. The maximum atomic E-state index is 5.26. The molecule has 0 aliphatic rings. The number of ether oxygens (including phenoxy) is 1. The molecule has 0 saturated heterocycles. The molecule has 0 radical (unpaired) electrons. The quantitative estimate of drug-likeness (QED) is 0.832. The summed E-state index contributed by atoms with van der Waals surface area (Å²) >= 11 is 0. The summed E-state index contributed by atoms with van der Waals surface area (Å²) < 4.78 is 5.26. The summed E-state index contributed by atoms with van der Waals surface area (Å²) in [6.45, 7) is 14.7. The molecule has 1 heterocycles. The van der Waals surface area contributed by atoms with Crippen molar-refractivity contribution in [3.05, 3.63) is 11.9 Å². The van der Waals surface area contributed by atoms with E-state index in [1.165, 1.54) is 0 Å². The Bertz CT molecular complexity index is 411. The number of aromatic nitrogens is 2. The Morgan fingerprint density at radius 3 is 2.35 bits per heavy atom. The maximum Gasteiger partial charge on any atom is 0.218 e. The number of rotatable bonds is 7. The molecule has 20 heavy (non-hydrogen) atoms. The third kappa shape index (κ3) is 4.96. The van der Waals surface area contributed by atoms with Crippen LogP contribution in [-0.2, 0) is 5.41 Å². The van der Waals surface area contributed by atoms with Crippen molar-refractivity contribution in [1.82, 2.24) is 14.9 Å².